The molecule has 0 aliphatic carbocycles. The Hall–Kier alpha value is -1.05. The maximum atomic E-state index is 11.0. The van der Waals surface area contributed by atoms with Crippen LogP contribution in [0.3, 0.4) is 0 Å². The minimum atomic E-state index is -0.282. The van der Waals surface area contributed by atoms with Crippen LogP contribution in [0.4, 0.5) is 0 Å². The maximum absolute atomic E-state index is 11.0. The first kappa shape index (κ1) is 9.04. The number of carbonyl (C=O) groups is 1. The monoisotopic (exact) mass is 166 g/mol. The Morgan fingerprint density at radius 3 is 2.58 bits per heavy atom. The molecule has 0 spiro atoms. The lowest BCUT2D eigenvalue weighted by atomic mass is 9.85. The molecular weight excluding hydrogens is 152 g/mol. The van der Waals surface area contributed by atoms with Crippen molar-refractivity contribution in [2.75, 3.05) is 0 Å². The lowest BCUT2D eigenvalue weighted by molar-refractivity contribution is -0.135. The van der Waals surface area contributed by atoms with Crippen LogP contribution in [0, 0.1) is 5.41 Å². The normalized spacial score (nSPS) is 28.6. The molecule has 2 nitrogen and oxygen atoms in total. The summed E-state index contributed by atoms with van der Waals surface area (Å²) < 4.78 is 5.10. The van der Waals surface area contributed by atoms with Crippen LogP contribution in [0.2, 0.25) is 0 Å². The summed E-state index contributed by atoms with van der Waals surface area (Å²) in [6.45, 7) is 9.56. The van der Waals surface area contributed by atoms with Crippen molar-refractivity contribution in [1.82, 2.24) is 0 Å². The third-order valence-corrected chi connectivity index (χ3v) is 2.15. The van der Waals surface area contributed by atoms with E-state index in [1.165, 1.54) is 0 Å². The number of ether oxygens (including phenoxy) is 1. The SMILES string of the molecule is C=CC1(C)CC(=O)OC1=C(C)C. The molecule has 1 saturated heterocycles. The smallest absolute Gasteiger partial charge is 0.312 e. The Morgan fingerprint density at radius 2 is 2.25 bits per heavy atom. The van der Waals surface area contributed by atoms with Crippen molar-refractivity contribution in [3.05, 3.63) is 24.0 Å². The third-order valence-electron chi connectivity index (χ3n) is 2.15. The van der Waals surface area contributed by atoms with E-state index in [0.717, 1.165) is 11.3 Å². The third kappa shape index (κ3) is 1.29. The molecule has 66 valence electrons. The first-order valence-corrected chi connectivity index (χ1v) is 4.02. The Morgan fingerprint density at radius 1 is 1.67 bits per heavy atom. The van der Waals surface area contributed by atoms with Gasteiger partial charge in [0.15, 0.2) is 0 Å². The van der Waals surface area contributed by atoms with Crippen molar-refractivity contribution in [2.45, 2.75) is 27.2 Å². The minimum Gasteiger partial charge on any atom is -0.430 e. The van der Waals surface area contributed by atoms with Gasteiger partial charge in [-0.3, -0.25) is 4.79 Å². The summed E-state index contributed by atoms with van der Waals surface area (Å²) in [7, 11) is 0. The Bertz CT molecular complexity index is 259. The van der Waals surface area contributed by atoms with Crippen LogP contribution >= 0.6 is 0 Å². The van der Waals surface area contributed by atoms with E-state index in [2.05, 4.69) is 6.58 Å². The van der Waals surface area contributed by atoms with Gasteiger partial charge < -0.3 is 4.74 Å². The zero-order valence-corrected chi connectivity index (χ0v) is 7.81. The van der Waals surface area contributed by atoms with E-state index < -0.39 is 0 Å². The van der Waals surface area contributed by atoms with E-state index >= 15 is 0 Å². The second kappa shape index (κ2) is 2.77. The number of carbonyl (C=O) groups excluding carboxylic acids is 1. The van der Waals surface area contributed by atoms with Gasteiger partial charge in [0.05, 0.1) is 11.8 Å². The van der Waals surface area contributed by atoms with Gasteiger partial charge in [-0.25, -0.2) is 0 Å². The molecule has 1 unspecified atom stereocenters. The molecule has 0 bridgehead atoms. The summed E-state index contributed by atoms with van der Waals surface area (Å²) in [4.78, 5) is 11.0. The predicted octanol–water partition coefficient (Wildman–Crippen LogP) is 2.42. The van der Waals surface area contributed by atoms with Gasteiger partial charge in [-0.2, -0.15) is 0 Å². The van der Waals surface area contributed by atoms with Crippen molar-refractivity contribution in [3.63, 3.8) is 0 Å². The van der Waals surface area contributed by atoms with Crippen LogP contribution in [0.15, 0.2) is 24.0 Å². The molecule has 0 aromatic rings. The molecule has 12 heavy (non-hydrogen) atoms. The van der Waals surface area contributed by atoms with Crippen LogP contribution < -0.4 is 0 Å². The second-order valence-corrected chi connectivity index (χ2v) is 3.60. The lowest BCUT2D eigenvalue weighted by Gasteiger charge is -2.17. The molecule has 1 aliphatic heterocycles. The average molecular weight is 166 g/mol. The Kier molecular flexibility index (Phi) is 2.09. The van der Waals surface area contributed by atoms with E-state index in [0.29, 0.717) is 6.42 Å². The molecule has 0 aromatic heterocycles. The van der Waals surface area contributed by atoms with E-state index in [1.807, 2.05) is 20.8 Å². The van der Waals surface area contributed by atoms with Crippen LogP contribution in [-0.2, 0) is 9.53 Å². The van der Waals surface area contributed by atoms with Crippen molar-refractivity contribution >= 4 is 5.97 Å². The minimum absolute atomic E-state index is 0.159. The highest BCUT2D eigenvalue weighted by molar-refractivity contribution is 5.76. The molecule has 2 heteroatoms. The summed E-state index contributed by atoms with van der Waals surface area (Å²) >= 11 is 0. The van der Waals surface area contributed by atoms with Gasteiger partial charge in [0, 0.05) is 0 Å². The average Bonchev–Trinajstić information content (AvgIpc) is 2.27. The summed E-state index contributed by atoms with van der Waals surface area (Å²) in [5.74, 6) is 0.608. The van der Waals surface area contributed by atoms with E-state index in [-0.39, 0.29) is 11.4 Å². The van der Waals surface area contributed by atoms with Gasteiger partial charge in [-0.05, 0) is 26.3 Å². The predicted molar refractivity (Wildman–Crippen MR) is 47.4 cm³/mol. The number of hydrogen-bond donors (Lipinski definition) is 0. The molecule has 0 saturated carbocycles. The highest BCUT2D eigenvalue weighted by Crippen LogP contribution is 2.41. The van der Waals surface area contributed by atoms with Gasteiger partial charge in [0.1, 0.15) is 5.76 Å². The van der Waals surface area contributed by atoms with Crippen molar-refractivity contribution < 1.29 is 9.53 Å². The van der Waals surface area contributed by atoms with Crippen molar-refractivity contribution in [2.24, 2.45) is 5.41 Å². The number of allylic oxidation sites excluding steroid dienone is 2. The molecule has 1 fully saturated rings. The molecular formula is C10H14O2. The van der Waals surface area contributed by atoms with Crippen LogP contribution in [-0.4, -0.2) is 5.97 Å². The number of rotatable bonds is 1. The zero-order valence-electron chi connectivity index (χ0n) is 7.81. The van der Waals surface area contributed by atoms with E-state index in [4.69, 9.17) is 4.74 Å². The number of cyclic esters (lactones) is 1. The first-order chi connectivity index (χ1) is 5.49. The fourth-order valence-corrected chi connectivity index (χ4v) is 1.48. The number of esters is 1. The fraction of sp³-hybridized carbons (Fsp3) is 0.500. The molecule has 1 aliphatic rings. The summed E-state index contributed by atoms with van der Waals surface area (Å²) in [5.41, 5.74) is 0.763. The summed E-state index contributed by atoms with van der Waals surface area (Å²) in [5, 5.41) is 0. The van der Waals surface area contributed by atoms with Gasteiger partial charge in [-0.1, -0.05) is 6.08 Å². The fourth-order valence-electron chi connectivity index (χ4n) is 1.48. The van der Waals surface area contributed by atoms with Crippen molar-refractivity contribution in [1.29, 1.82) is 0 Å². The quantitative estimate of drug-likeness (QED) is 0.441. The highest BCUT2D eigenvalue weighted by Gasteiger charge is 2.39. The van der Waals surface area contributed by atoms with Gasteiger partial charge in [0.25, 0.3) is 0 Å². The highest BCUT2D eigenvalue weighted by atomic mass is 16.5. The summed E-state index contributed by atoms with van der Waals surface area (Å²) in [6.07, 6.45) is 2.19. The maximum Gasteiger partial charge on any atom is 0.312 e. The zero-order chi connectivity index (χ0) is 9.35. The second-order valence-electron chi connectivity index (χ2n) is 3.60. The molecule has 1 heterocycles. The molecule has 1 atom stereocenters. The Labute approximate surface area is 72.9 Å². The molecule has 0 aromatic carbocycles. The Balaban J connectivity index is 3.11. The van der Waals surface area contributed by atoms with Gasteiger partial charge in [0.2, 0.25) is 0 Å². The largest absolute Gasteiger partial charge is 0.430 e. The molecule has 0 amide bonds. The summed E-state index contributed by atoms with van der Waals surface area (Å²) in [6, 6.07) is 0. The molecule has 0 radical (unpaired) electrons. The van der Waals surface area contributed by atoms with Crippen LogP contribution in [0.1, 0.15) is 27.2 Å². The van der Waals surface area contributed by atoms with E-state index in [9.17, 15) is 4.79 Å². The first-order valence-electron chi connectivity index (χ1n) is 4.02. The standard InChI is InChI=1S/C10H14O2/c1-5-10(4)6-8(11)12-9(10)7(2)3/h5H,1,6H2,2-4H3. The topological polar surface area (TPSA) is 26.3 Å². The molecule has 1 rings (SSSR count). The lowest BCUT2D eigenvalue weighted by Crippen LogP contribution is -2.11. The van der Waals surface area contributed by atoms with Crippen LogP contribution in [0.25, 0.3) is 0 Å². The van der Waals surface area contributed by atoms with Crippen LogP contribution in [0.5, 0.6) is 0 Å². The molecule has 0 N–H and O–H groups in total. The number of hydrogen-bond acceptors (Lipinski definition) is 2. The van der Waals surface area contributed by atoms with E-state index in [1.54, 1.807) is 6.08 Å². The van der Waals surface area contributed by atoms with Gasteiger partial charge in [-0.15, -0.1) is 6.58 Å². The van der Waals surface area contributed by atoms with Crippen molar-refractivity contribution in [3.8, 4) is 0 Å². The van der Waals surface area contributed by atoms with Gasteiger partial charge >= 0.3 is 5.97 Å².